The number of hydrogen-bond acceptors (Lipinski definition) is 6. The molecule has 36 heavy (non-hydrogen) atoms. The van der Waals surface area contributed by atoms with Crippen LogP contribution in [0.3, 0.4) is 0 Å². The molecule has 0 aliphatic rings. The minimum absolute atomic E-state index is 0.00207. The summed E-state index contributed by atoms with van der Waals surface area (Å²) in [7, 11) is -1.14. The molecule has 0 unspecified atom stereocenters. The lowest BCUT2D eigenvalue weighted by Gasteiger charge is -2.24. The van der Waals surface area contributed by atoms with E-state index in [4.69, 9.17) is 9.47 Å². The number of nitrogens with zero attached hydrogens (tertiary/aromatic N) is 1. The number of aryl methyl sites for hydroxylation is 2. The summed E-state index contributed by atoms with van der Waals surface area (Å²) in [6.45, 7) is 4.07. The minimum Gasteiger partial charge on any atom is -0.493 e. The van der Waals surface area contributed by atoms with E-state index in [1.54, 1.807) is 23.9 Å². The van der Waals surface area contributed by atoms with Crippen molar-refractivity contribution in [3.05, 3.63) is 83.4 Å². The summed E-state index contributed by atoms with van der Waals surface area (Å²) < 4.78 is 38.9. The van der Waals surface area contributed by atoms with Gasteiger partial charge in [-0.25, -0.2) is 8.42 Å². The largest absolute Gasteiger partial charge is 0.493 e. The third-order valence-electron chi connectivity index (χ3n) is 5.47. The van der Waals surface area contributed by atoms with Crippen molar-refractivity contribution in [1.82, 2.24) is 5.32 Å². The Morgan fingerprint density at radius 1 is 0.917 bits per heavy atom. The first-order valence-electron chi connectivity index (χ1n) is 11.5. The predicted molar refractivity (Wildman–Crippen MR) is 146 cm³/mol. The SMILES string of the molecule is COc1ccc(S(=O)(=O)N(CC(=O)NCCSCc2cccc(C)c2)c2ccc(C)cc2)cc1OC. The van der Waals surface area contributed by atoms with Crippen molar-refractivity contribution in [1.29, 1.82) is 0 Å². The quantitative estimate of drug-likeness (QED) is 0.347. The van der Waals surface area contributed by atoms with E-state index in [1.807, 2.05) is 25.1 Å². The van der Waals surface area contributed by atoms with E-state index in [-0.39, 0.29) is 23.1 Å². The Morgan fingerprint density at radius 2 is 1.64 bits per heavy atom. The number of hydrogen-bond donors (Lipinski definition) is 1. The Balaban J connectivity index is 1.71. The number of carbonyl (C=O) groups excluding carboxylic acids is 1. The highest BCUT2D eigenvalue weighted by atomic mass is 32.2. The van der Waals surface area contributed by atoms with Gasteiger partial charge >= 0.3 is 0 Å². The minimum atomic E-state index is -4.06. The Kier molecular flexibility index (Phi) is 9.66. The number of sulfonamides is 1. The van der Waals surface area contributed by atoms with Gasteiger partial charge in [0.2, 0.25) is 5.91 Å². The van der Waals surface area contributed by atoms with Crippen LogP contribution in [-0.4, -0.2) is 47.4 Å². The topological polar surface area (TPSA) is 84.9 Å². The van der Waals surface area contributed by atoms with Crippen LogP contribution in [0, 0.1) is 13.8 Å². The third-order valence-corrected chi connectivity index (χ3v) is 8.27. The molecule has 1 N–H and O–H groups in total. The zero-order chi connectivity index (χ0) is 26.1. The summed E-state index contributed by atoms with van der Waals surface area (Å²) in [6, 6.07) is 19.7. The molecule has 3 rings (SSSR count). The Bertz CT molecular complexity index is 1280. The summed E-state index contributed by atoms with van der Waals surface area (Å²) in [5.74, 6) is 1.89. The standard InChI is InChI=1S/C27H32N2O5S2/c1-20-8-10-23(11-9-20)29(36(31,32)24-12-13-25(33-3)26(17-24)34-4)18-27(30)28-14-15-35-19-22-7-5-6-21(2)16-22/h5-13,16-17H,14-15,18-19H2,1-4H3,(H,28,30). The maximum absolute atomic E-state index is 13.6. The molecule has 0 bridgehead atoms. The van der Waals surface area contributed by atoms with Gasteiger partial charge in [-0.15, -0.1) is 0 Å². The highest BCUT2D eigenvalue weighted by Crippen LogP contribution is 2.32. The van der Waals surface area contributed by atoms with Crippen LogP contribution in [0.1, 0.15) is 16.7 Å². The Morgan fingerprint density at radius 3 is 2.31 bits per heavy atom. The fourth-order valence-electron chi connectivity index (χ4n) is 3.57. The molecule has 0 spiro atoms. The molecule has 0 aromatic heterocycles. The van der Waals surface area contributed by atoms with Gasteiger partial charge in [0, 0.05) is 24.1 Å². The van der Waals surface area contributed by atoms with Crippen LogP contribution in [0.15, 0.2) is 71.6 Å². The molecule has 0 heterocycles. The first kappa shape index (κ1) is 27.4. The van der Waals surface area contributed by atoms with Gasteiger partial charge in [-0.3, -0.25) is 9.10 Å². The van der Waals surface area contributed by atoms with Crippen molar-refractivity contribution in [3.63, 3.8) is 0 Å². The van der Waals surface area contributed by atoms with Gasteiger partial charge in [-0.2, -0.15) is 11.8 Å². The summed E-state index contributed by atoms with van der Waals surface area (Å²) in [5.41, 5.74) is 3.84. The van der Waals surface area contributed by atoms with Gasteiger partial charge in [0.05, 0.1) is 24.8 Å². The number of carbonyl (C=O) groups is 1. The smallest absolute Gasteiger partial charge is 0.264 e. The number of methoxy groups -OCH3 is 2. The molecular formula is C27H32N2O5S2. The third kappa shape index (κ3) is 7.18. The van der Waals surface area contributed by atoms with Crippen LogP contribution in [0.5, 0.6) is 11.5 Å². The second kappa shape index (κ2) is 12.7. The highest BCUT2D eigenvalue weighted by Gasteiger charge is 2.28. The molecule has 0 radical (unpaired) electrons. The molecule has 192 valence electrons. The van der Waals surface area contributed by atoms with Crippen molar-refractivity contribution in [2.45, 2.75) is 24.5 Å². The molecule has 3 aromatic carbocycles. The van der Waals surface area contributed by atoms with E-state index in [0.717, 1.165) is 15.6 Å². The van der Waals surface area contributed by atoms with Gasteiger partial charge < -0.3 is 14.8 Å². The number of thioether (sulfide) groups is 1. The van der Waals surface area contributed by atoms with Crippen molar-refractivity contribution in [2.24, 2.45) is 0 Å². The number of rotatable bonds is 12. The number of benzene rings is 3. The first-order chi connectivity index (χ1) is 17.2. The number of nitrogens with one attached hydrogen (secondary N) is 1. The summed E-state index contributed by atoms with van der Waals surface area (Å²) in [5, 5.41) is 2.85. The lowest BCUT2D eigenvalue weighted by molar-refractivity contribution is -0.119. The van der Waals surface area contributed by atoms with Crippen molar-refractivity contribution in [3.8, 4) is 11.5 Å². The molecule has 0 aliphatic carbocycles. The molecule has 0 atom stereocenters. The van der Waals surface area contributed by atoms with E-state index in [2.05, 4.69) is 30.4 Å². The van der Waals surface area contributed by atoms with Crippen LogP contribution in [0.2, 0.25) is 0 Å². The monoisotopic (exact) mass is 528 g/mol. The molecule has 3 aromatic rings. The maximum Gasteiger partial charge on any atom is 0.264 e. The van der Waals surface area contributed by atoms with E-state index < -0.39 is 10.0 Å². The van der Waals surface area contributed by atoms with E-state index >= 15 is 0 Å². The molecule has 1 amide bonds. The number of ether oxygens (including phenoxy) is 2. The van der Waals surface area contributed by atoms with E-state index in [9.17, 15) is 13.2 Å². The Labute approximate surface area is 217 Å². The van der Waals surface area contributed by atoms with Gasteiger partial charge in [-0.05, 0) is 43.7 Å². The fourth-order valence-corrected chi connectivity index (χ4v) is 5.81. The first-order valence-corrected chi connectivity index (χ1v) is 14.1. The van der Waals surface area contributed by atoms with E-state index in [1.165, 1.54) is 43.5 Å². The normalized spacial score (nSPS) is 11.1. The zero-order valence-electron chi connectivity index (χ0n) is 21.0. The zero-order valence-corrected chi connectivity index (χ0v) is 22.6. The van der Waals surface area contributed by atoms with Gasteiger partial charge in [0.1, 0.15) is 6.54 Å². The van der Waals surface area contributed by atoms with Crippen LogP contribution in [0.25, 0.3) is 0 Å². The molecule has 0 fully saturated rings. The second-order valence-corrected chi connectivity index (χ2v) is 11.2. The van der Waals surface area contributed by atoms with Gasteiger partial charge in [0.25, 0.3) is 10.0 Å². The molecule has 0 saturated carbocycles. The lowest BCUT2D eigenvalue weighted by Crippen LogP contribution is -2.41. The molecular weight excluding hydrogens is 496 g/mol. The van der Waals surface area contributed by atoms with Crippen LogP contribution < -0.4 is 19.1 Å². The van der Waals surface area contributed by atoms with E-state index in [0.29, 0.717) is 23.7 Å². The van der Waals surface area contributed by atoms with Crippen LogP contribution in [0.4, 0.5) is 5.69 Å². The number of anilines is 1. The molecule has 0 aliphatic heterocycles. The average Bonchev–Trinajstić information content (AvgIpc) is 2.87. The number of amides is 1. The molecule has 9 heteroatoms. The van der Waals surface area contributed by atoms with Crippen LogP contribution in [-0.2, 0) is 20.6 Å². The summed E-state index contributed by atoms with van der Waals surface area (Å²) >= 11 is 1.71. The highest BCUT2D eigenvalue weighted by molar-refractivity contribution is 7.98. The fraction of sp³-hybridized carbons (Fsp3) is 0.296. The summed E-state index contributed by atoms with van der Waals surface area (Å²) in [4.78, 5) is 12.8. The average molecular weight is 529 g/mol. The molecule has 7 nitrogen and oxygen atoms in total. The Hall–Kier alpha value is -3.17. The lowest BCUT2D eigenvalue weighted by atomic mass is 10.2. The van der Waals surface area contributed by atoms with Crippen LogP contribution >= 0.6 is 11.8 Å². The van der Waals surface area contributed by atoms with Gasteiger partial charge in [0.15, 0.2) is 11.5 Å². The maximum atomic E-state index is 13.6. The predicted octanol–water partition coefficient (Wildman–Crippen LogP) is 4.57. The second-order valence-electron chi connectivity index (χ2n) is 8.26. The summed E-state index contributed by atoms with van der Waals surface area (Å²) in [6.07, 6.45) is 0. The van der Waals surface area contributed by atoms with Crippen molar-refractivity contribution < 1.29 is 22.7 Å². The van der Waals surface area contributed by atoms with Crippen molar-refractivity contribution in [2.75, 3.05) is 37.4 Å². The van der Waals surface area contributed by atoms with Gasteiger partial charge in [-0.1, -0.05) is 47.5 Å². The molecule has 0 saturated heterocycles. The van der Waals surface area contributed by atoms with Crippen molar-refractivity contribution >= 4 is 33.4 Å².